The monoisotopic (exact) mass is 323 g/mol. The number of thiophene rings is 1. The van der Waals surface area contributed by atoms with Crippen molar-refractivity contribution in [3.05, 3.63) is 38.5 Å². The van der Waals surface area contributed by atoms with Gasteiger partial charge in [-0.05, 0) is 43.0 Å². The molecule has 1 aliphatic carbocycles. The zero-order valence-electron chi connectivity index (χ0n) is 12.3. The Morgan fingerprint density at radius 2 is 1.90 bits per heavy atom. The first kappa shape index (κ1) is 14.5. The third-order valence-electron chi connectivity index (χ3n) is 3.91. The van der Waals surface area contributed by atoms with Crippen molar-refractivity contribution < 1.29 is 9.47 Å². The lowest BCUT2D eigenvalue weighted by molar-refractivity contribution is 0.355. The summed E-state index contributed by atoms with van der Waals surface area (Å²) in [5, 5.41) is 3.62. The highest BCUT2D eigenvalue weighted by Crippen LogP contribution is 2.42. The lowest BCUT2D eigenvalue weighted by Gasteiger charge is -2.18. The third-order valence-corrected chi connectivity index (χ3v) is 5.25. The molecule has 0 spiro atoms. The first-order valence-corrected chi connectivity index (χ1v) is 8.09. The molecule has 3 rings (SSSR count). The predicted molar refractivity (Wildman–Crippen MR) is 88.3 cm³/mol. The molecule has 1 heterocycles. The van der Waals surface area contributed by atoms with Crippen LogP contribution < -0.4 is 14.8 Å². The molecule has 0 amide bonds. The minimum absolute atomic E-state index is 0.320. The van der Waals surface area contributed by atoms with Crippen molar-refractivity contribution in [2.75, 3.05) is 19.5 Å². The van der Waals surface area contributed by atoms with Gasteiger partial charge in [-0.3, -0.25) is 0 Å². The Morgan fingerprint density at radius 1 is 1.19 bits per heavy atom. The summed E-state index contributed by atoms with van der Waals surface area (Å²) >= 11 is 7.81. The maximum Gasteiger partial charge on any atom is 0.162 e. The van der Waals surface area contributed by atoms with Gasteiger partial charge < -0.3 is 14.8 Å². The fraction of sp³-hybridized carbons (Fsp3) is 0.375. The van der Waals surface area contributed by atoms with Gasteiger partial charge in [0.05, 0.1) is 24.6 Å². The zero-order chi connectivity index (χ0) is 15.0. The van der Waals surface area contributed by atoms with E-state index >= 15 is 0 Å². The quantitative estimate of drug-likeness (QED) is 0.874. The first-order valence-electron chi connectivity index (χ1n) is 6.89. The van der Waals surface area contributed by atoms with Crippen LogP contribution in [0.5, 0.6) is 11.5 Å². The average molecular weight is 324 g/mol. The number of methoxy groups -OCH3 is 2. The fourth-order valence-electron chi connectivity index (χ4n) is 2.80. The first-order chi connectivity index (χ1) is 10.1. The molecule has 1 aliphatic rings. The van der Waals surface area contributed by atoms with Crippen molar-refractivity contribution in [2.45, 2.75) is 25.8 Å². The van der Waals surface area contributed by atoms with Crippen molar-refractivity contribution in [1.82, 2.24) is 0 Å². The second-order valence-corrected chi connectivity index (χ2v) is 6.95. The SMILES string of the molecule is COc1cc(C)c(NC2CCc3sc(Cl)cc32)cc1OC. The Bertz CT molecular complexity index is 669. The number of hydrogen-bond acceptors (Lipinski definition) is 4. The Morgan fingerprint density at radius 3 is 2.62 bits per heavy atom. The molecule has 0 saturated carbocycles. The fourth-order valence-corrected chi connectivity index (χ4v) is 4.16. The number of nitrogens with one attached hydrogen (secondary N) is 1. The summed E-state index contributed by atoms with van der Waals surface area (Å²) in [4.78, 5) is 1.40. The van der Waals surface area contributed by atoms with E-state index in [0.717, 1.165) is 39.9 Å². The van der Waals surface area contributed by atoms with Gasteiger partial charge in [0, 0.05) is 16.6 Å². The van der Waals surface area contributed by atoms with E-state index in [1.807, 2.05) is 12.1 Å². The Hall–Kier alpha value is -1.39. The summed E-state index contributed by atoms with van der Waals surface area (Å²) < 4.78 is 11.6. The molecule has 1 unspecified atom stereocenters. The molecule has 21 heavy (non-hydrogen) atoms. The summed E-state index contributed by atoms with van der Waals surface area (Å²) in [5.41, 5.74) is 3.55. The highest BCUT2D eigenvalue weighted by molar-refractivity contribution is 7.16. The normalized spacial score (nSPS) is 16.7. The summed E-state index contributed by atoms with van der Waals surface area (Å²) in [6.45, 7) is 2.07. The van der Waals surface area contributed by atoms with Crippen molar-refractivity contribution in [1.29, 1.82) is 0 Å². The highest BCUT2D eigenvalue weighted by atomic mass is 35.5. The van der Waals surface area contributed by atoms with Gasteiger partial charge in [0.15, 0.2) is 11.5 Å². The molecular weight excluding hydrogens is 306 g/mol. The van der Waals surface area contributed by atoms with Gasteiger partial charge in [0.25, 0.3) is 0 Å². The van der Waals surface area contributed by atoms with Crippen LogP contribution in [0.1, 0.15) is 28.5 Å². The molecule has 1 aromatic carbocycles. The Labute approximate surface area is 133 Å². The van der Waals surface area contributed by atoms with E-state index < -0.39 is 0 Å². The van der Waals surface area contributed by atoms with Gasteiger partial charge in [-0.1, -0.05) is 11.6 Å². The van der Waals surface area contributed by atoms with Gasteiger partial charge >= 0.3 is 0 Å². The maximum atomic E-state index is 6.12. The van der Waals surface area contributed by atoms with E-state index in [-0.39, 0.29) is 0 Å². The molecule has 5 heteroatoms. The summed E-state index contributed by atoms with van der Waals surface area (Å²) in [6, 6.07) is 6.40. The van der Waals surface area contributed by atoms with Crippen LogP contribution in [0, 0.1) is 6.92 Å². The lowest BCUT2D eigenvalue weighted by atomic mass is 10.1. The largest absolute Gasteiger partial charge is 0.493 e. The van der Waals surface area contributed by atoms with Crippen molar-refractivity contribution in [2.24, 2.45) is 0 Å². The van der Waals surface area contributed by atoms with E-state index in [1.165, 1.54) is 10.4 Å². The van der Waals surface area contributed by atoms with E-state index in [2.05, 4.69) is 18.3 Å². The highest BCUT2D eigenvalue weighted by Gasteiger charge is 2.25. The molecule has 112 valence electrons. The second kappa shape index (κ2) is 5.78. The standard InChI is InChI=1S/C16H18ClNO2S/c1-9-6-13(19-2)14(20-3)8-12(9)18-11-4-5-15-10(11)7-16(17)21-15/h6-8,11,18H,4-5H2,1-3H3. The van der Waals surface area contributed by atoms with Gasteiger partial charge in [-0.25, -0.2) is 0 Å². The molecule has 1 atom stereocenters. The van der Waals surface area contributed by atoms with Crippen LogP contribution in [0.15, 0.2) is 18.2 Å². The minimum atomic E-state index is 0.320. The number of benzene rings is 1. The number of anilines is 1. The molecule has 0 fully saturated rings. The van der Waals surface area contributed by atoms with Crippen LogP contribution in [0.3, 0.4) is 0 Å². The third kappa shape index (κ3) is 2.70. The number of hydrogen-bond donors (Lipinski definition) is 1. The lowest BCUT2D eigenvalue weighted by Crippen LogP contribution is -2.08. The molecule has 3 nitrogen and oxygen atoms in total. The maximum absolute atomic E-state index is 6.12. The number of fused-ring (bicyclic) bond motifs is 1. The molecule has 0 aliphatic heterocycles. The number of rotatable bonds is 4. The molecule has 2 aromatic rings. The van der Waals surface area contributed by atoms with Crippen molar-refractivity contribution >= 4 is 28.6 Å². The Balaban J connectivity index is 1.89. The second-order valence-electron chi connectivity index (χ2n) is 5.19. The summed E-state index contributed by atoms with van der Waals surface area (Å²) in [7, 11) is 3.31. The van der Waals surface area contributed by atoms with E-state index in [0.29, 0.717) is 6.04 Å². The van der Waals surface area contributed by atoms with Crippen LogP contribution in [-0.2, 0) is 6.42 Å². The van der Waals surface area contributed by atoms with Gasteiger partial charge in [0.2, 0.25) is 0 Å². The molecule has 1 aromatic heterocycles. The number of ether oxygens (including phenoxy) is 2. The topological polar surface area (TPSA) is 30.5 Å². The van der Waals surface area contributed by atoms with Crippen molar-refractivity contribution in [3.8, 4) is 11.5 Å². The van der Waals surface area contributed by atoms with Crippen LogP contribution in [0.2, 0.25) is 4.34 Å². The summed E-state index contributed by atoms with van der Waals surface area (Å²) in [6.07, 6.45) is 2.20. The molecule has 0 bridgehead atoms. The summed E-state index contributed by atoms with van der Waals surface area (Å²) in [5.74, 6) is 1.50. The van der Waals surface area contributed by atoms with Gasteiger partial charge in [-0.2, -0.15) is 0 Å². The molecule has 0 saturated heterocycles. The van der Waals surface area contributed by atoms with Crippen LogP contribution in [0.25, 0.3) is 0 Å². The minimum Gasteiger partial charge on any atom is -0.493 e. The van der Waals surface area contributed by atoms with Crippen LogP contribution in [0.4, 0.5) is 5.69 Å². The van der Waals surface area contributed by atoms with E-state index in [9.17, 15) is 0 Å². The average Bonchev–Trinajstić information content (AvgIpc) is 3.00. The molecule has 1 N–H and O–H groups in total. The predicted octanol–water partition coefficient (Wildman–Crippen LogP) is 4.83. The van der Waals surface area contributed by atoms with E-state index in [1.54, 1.807) is 25.6 Å². The van der Waals surface area contributed by atoms with E-state index in [4.69, 9.17) is 21.1 Å². The van der Waals surface area contributed by atoms with Gasteiger partial charge in [-0.15, -0.1) is 11.3 Å². The van der Waals surface area contributed by atoms with Crippen molar-refractivity contribution in [3.63, 3.8) is 0 Å². The molecule has 0 radical (unpaired) electrons. The van der Waals surface area contributed by atoms with Gasteiger partial charge in [0.1, 0.15) is 0 Å². The number of halogens is 1. The van der Waals surface area contributed by atoms with Crippen LogP contribution >= 0.6 is 22.9 Å². The smallest absolute Gasteiger partial charge is 0.162 e. The number of aryl methyl sites for hydroxylation is 2. The van der Waals surface area contributed by atoms with Crippen LogP contribution in [-0.4, -0.2) is 14.2 Å². The molecular formula is C16H18ClNO2S. The Kier molecular flexibility index (Phi) is 4.00. The zero-order valence-corrected chi connectivity index (χ0v) is 13.9.